The van der Waals surface area contributed by atoms with Crippen molar-refractivity contribution < 1.29 is 8.42 Å². The van der Waals surface area contributed by atoms with Crippen LogP contribution in [-0.2, 0) is 10.0 Å². The van der Waals surface area contributed by atoms with E-state index in [1.54, 1.807) is 6.07 Å². The summed E-state index contributed by atoms with van der Waals surface area (Å²) in [6.45, 7) is 1.07. The Morgan fingerprint density at radius 3 is 2.72 bits per heavy atom. The van der Waals surface area contributed by atoms with E-state index in [-0.39, 0.29) is 10.3 Å². The van der Waals surface area contributed by atoms with Gasteiger partial charge in [0.05, 0.1) is 0 Å². The highest BCUT2D eigenvalue weighted by Crippen LogP contribution is 2.27. The Kier molecular flexibility index (Phi) is 3.73. The minimum Gasteiger partial charge on any atom is -0.305 e. The molecule has 1 saturated heterocycles. The normalized spacial score (nSPS) is 21.3. The molecule has 1 aliphatic rings. The highest BCUT2D eigenvalue weighted by Gasteiger charge is 2.34. The molecular weight excluding hydrogens is 270 g/mol. The minimum atomic E-state index is -3.42. The molecule has 0 N–H and O–H groups in total. The van der Waals surface area contributed by atoms with Crippen LogP contribution < -0.4 is 0 Å². The Morgan fingerprint density at radius 1 is 1.50 bits per heavy atom. The third-order valence-corrected chi connectivity index (χ3v) is 6.46. The summed E-state index contributed by atoms with van der Waals surface area (Å²) < 4.78 is 26.4. The molecule has 18 heavy (non-hydrogen) atoms. The second-order valence-corrected chi connectivity index (χ2v) is 7.75. The summed E-state index contributed by atoms with van der Waals surface area (Å²) in [6, 6.07) is 5.31. The first-order valence-electron chi connectivity index (χ1n) is 5.61. The standard InChI is InChI=1S/C11H15N3O2S2/c1-13(2)9-5-6-14(8-9)18(15,16)11-4-3-10(7-12)17-11/h3-4,9H,5-6,8H2,1-2H3. The van der Waals surface area contributed by atoms with Crippen molar-refractivity contribution in [2.24, 2.45) is 0 Å². The topological polar surface area (TPSA) is 64.4 Å². The molecule has 0 radical (unpaired) electrons. The van der Waals surface area contributed by atoms with Crippen molar-refractivity contribution in [3.05, 3.63) is 17.0 Å². The third-order valence-electron chi connectivity index (χ3n) is 3.14. The summed E-state index contributed by atoms with van der Waals surface area (Å²) in [5.74, 6) is 0. The number of nitriles is 1. The van der Waals surface area contributed by atoms with E-state index in [9.17, 15) is 8.42 Å². The maximum Gasteiger partial charge on any atom is 0.252 e. The average Bonchev–Trinajstić information content (AvgIpc) is 2.98. The van der Waals surface area contributed by atoms with Crippen LogP contribution in [0.15, 0.2) is 16.3 Å². The summed E-state index contributed by atoms with van der Waals surface area (Å²) in [7, 11) is 0.496. The lowest BCUT2D eigenvalue weighted by Gasteiger charge is -2.19. The van der Waals surface area contributed by atoms with E-state index in [1.165, 1.54) is 10.4 Å². The Bertz CT molecular complexity index is 571. The molecule has 1 aromatic heterocycles. The Hall–Kier alpha value is -0.940. The molecule has 1 fully saturated rings. The number of thiophene rings is 1. The van der Waals surface area contributed by atoms with Gasteiger partial charge in [-0.1, -0.05) is 0 Å². The lowest BCUT2D eigenvalue weighted by atomic mass is 10.2. The molecule has 1 atom stereocenters. The van der Waals surface area contributed by atoms with Crippen molar-refractivity contribution in [2.45, 2.75) is 16.7 Å². The zero-order valence-electron chi connectivity index (χ0n) is 10.3. The van der Waals surface area contributed by atoms with Crippen LogP contribution in [0, 0.1) is 11.3 Å². The van der Waals surface area contributed by atoms with Crippen molar-refractivity contribution in [1.29, 1.82) is 5.26 Å². The molecule has 0 bridgehead atoms. The lowest BCUT2D eigenvalue weighted by Crippen LogP contribution is -2.34. The van der Waals surface area contributed by atoms with Crippen molar-refractivity contribution in [2.75, 3.05) is 27.2 Å². The van der Waals surface area contributed by atoms with Gasteiger partial charge in [-0.3, -0.25) is 0 Å². The van der Waals surface area contributed by atoms with E-state index in [2.05, 4.69) is 0 Å². The average molecular weight is 285 g/mol. The van der Waals surface area contributed by atoms with Gasteiger partial charge in [-0.2, -0.15) is 9.57 Å². The minimum absolute atomic E-state index is 0.262. The van der Waals surface area contributed by atoms with Crippen LogP contribution in [0.2, 0.25) is 0 Å². The summed E-state index contributed by atoms with van der Waals surface area (Å²) in [5.41, 5.74) is 0. The Morgan fingerprint density at radius 2 is 2.22 bits per heavy atom. The van der Waals surface area contributed by atoms with Crippen LogP contribution >= 0.6 is 11.3 Å². The van der Waals surface area contributed by atoms with Crippen LogP contribution in [0.1, 0.15) is 11.3 Å². The van der Waals surface area contributed by atoms with Gasteiger partial charge in [0.15, 0.2) is 0 Å². The van der Waals surface area contributed by atoms with Crippen molar-refractivity contribution in [3.8, 4) is 6.07 Å². The number of hydrogen-bond donors (Lipinski definition) is 0. The van der Waals surface area contributed by atoms with Crippen molar-refractivity contribution >= 4 is 21.4 Å². The van der Waals surface area contributed by atoms with Gasteiger partial charge in [-0.05, 0) is 32.6 Å². The fourth-order valence-electron chi connectivity index (χ4n) is 2.00. The summed E-state index contributed by atoms with van der Waals surface area (Å²) in [4.78, 5) is 2.47. The Labute approximate surface area is 111 Å². The molecule has 0 saturated carbocycles. The number of sulfonamides is 1. The van der Waals surface area contributed by atoms with Gasteiger partial charge in [-0.15, -0.1) is 11.3 Å². The zero-order valence-corrected chi connectivity index (χ0v) is 12.0. The lowest BCUT2D eigenvalue weighted by molar-refractivity contribution is 0.302. The maximum absolute atomic E-state index is 12.3. The first-order valence-corrected chi connectivity index (χ1v) is 7.87. The van der Waals surface area contributed by atoms with Gasteiger partial charge in [0.25, 0.3) is 10.0 Å². The maximum atomic E-state index is 12.3. The molecule has 1 aromatic rings. The highest BCUT2D eigenvalue weighted by atomic mass is 32.2. The fraction of sp³-hybridized carbons (Fsp3) is 0.545. The molecule has 1 unspecified atom stereocenters. The number of nitrogens with zero attached hydrogens (tertiary/aromatic N) is 3. The van der Waals surface area contributed by atoms with E-state index in [4.69, 9.17) is 5.26 Å². The van der Waals surface area contributed by atoms with E-state index >= 15 is 0 Å². The van der Waals surface area contributed by atoms with Gasteiger partial charge in [0.2, 0.25) is 0 Å². The molecule has 0 spiro atoms. The predicted molar refractivity (Wildman–Crippen MR) is 69.9 cm³/mol. The fourth-order valence-corrected chi connectivity index (χ4v) is 4.75. The summed E-state index contributed by atoms with van der Waals surface area (Å²) in [6.07, 6.45) is 0.850. The number of likely N-dealkylation sites (N-methyl/N-ethyl adjacent to an activating group) is 1. The SMILES string of the molecule is CN(C)C1CCN(S(=O)(=O)c2ccc(C#N)s2)C1. The van der Waals surface area contributed by atoms with Crippen LogP contribution in [0.25, 0.3) is 0 Å². The monoisotopic (exact) mass is 285 g/mol. The molecule has 2 heterocycles. The molecule has 7 heteroatoms. The summed E-state index contributed by atoms with van der Waals surface area (Å²) in [5, 5.41) is 8.74. The van der Waals surface area contributed by atoms with Crippen molar-refractivity contribution in [3.63, 3.8) is 0 Å². The van der Waals surface area contributed by atoms with Crippen LogP contribution in [0.5, 0.6) is 0 Å². The van der Waals surface area contributed by atoms with Gasteiger partial charge in [0.1, 0.15) is 15.2 Å². The molecule has 98 valence electrons. The molecule has 0 amide bonds. The van der Waals surface area contributed by atoms with E-state index < -0.39 is 10.0 Å². The van der Waals surface area contributed by atoms with Crippen LogP contribution in [0.3, 0.4) is 0 Å². The molecule has 0 aromatic carbocycles. The highest BCUT2D eigenvalue weighted by molar-refractivity contribution is 7.91. The third kappa shape index (κ3) is 2.42. The number of rotatable bonds is 3. The predicted octanol–water partition coefficient (Wildman–Crippen LogP) is 0.944. The quantitative estimate of drug-likeness (QED) is 0.829. The zero-order chi connectivity index (χ0) is 13.3. The second kappa shape index (κ2) is 4.97. The first kappa shape index (κ1) is 13.5. The van der Waals surface area contributed by atoms with E-state index in [0.29, 0.717) is 18.0 Å². The van der Waals surface area contributed by atoms with Crippen molar-refractivity contribution in [1.82, 2.24) is 9.21 Å². The molecular formula is C11H15N3O2S2. The van der Waals surface area contributed by atoms with E-state index in [1.807, 2.05) is 25.1 Å². The van der Waals surface area contributed by atoms with E-state index in [0.717, 1.165) is 17.8 Å². The second-order valence-electron chi connectivity index (χ2n) is 4.50. The van der Waals surface area contributed by atoms with Crippen LogP contribution in [0.4, 0.5) is 0 Å². The number of hydrogen-bond acceptors (Lipinski definition) is 5. The smallest absolute Gasteiger partial charge is 0.252 e. The largest absolute Gasteiger partial charge is 0.305 e. The molecule has 0 aliphatic carbocycles. The van der Waals surface area contributed by atoms with Gasteiger partial charge in [-0.25, -0.2) is 8.42 Å². The Balaban J connectivity index is 2.20. The molecule has 1 aliphatic heterocycles. The molecule has 5 nitrogen and oxygen atoms in total. The molecule has 2 rings (SSSR count). The van der Waals surface area contributed by atoms with Crippen LogP contribution in [-0.4, -0.2) is 50.8 Å². The van der Waals surface area contributed by atoms with Gasteiger partial charge in [0, 0.05) is 19.1 Å². The summed E-state index contributed by atoms with van der Waals surface area (Å²) >= 11 is 1.03. The van der Waals surface area contributed by atoms with Gasteiger partial charge >= 0.3 is 0 Å². The van der Waals surface area contributed by atoms with Gasteiger partial charge < -0.3 is 4.90 Å². The first-order chi connectivity index (χ1) is 8.45.